The van der Waals surface area contributed by atoms with Crippen LogP contribution in [0.3, 0.4) is 0 Å². The van der Waals surface area contributed by atoms with Gasteiger partial charge in [-0.1, -0.05) is 0 Å². The molecule has 0 aliphatic heterocycles. The largest absolute Gasteiger partial charge is 0.351 e. The lowest BCUT2D eigenvalue weighted by molar-refractivity contribution is -0.126. The van der Waals surface area contributed by atoms with Crippen LogP contribution in [0.5, 0.6) is 0 Å². The summed E-state index contributed by atoms with van der Waals surface area (Å²) in [7, 11) is 0. The Balaban J connectivity index is 2.33. The van der Waals surface area contributed by atoms with Crippen LogP contribution in [0, 0.1) is 0 Å². The normalized spacial score (nSPS) is 10.6. The summed E-state index contributed by atoms with van der Waals surface area (Å²) in [6.45, 7) is 5.67. The number of hydrogen-bond acceptors (Lipinski definition) is 5. The van der Waals surface area contributed by atoms with E-state index in [1.165, 1.54) is 0 Å². The predicted molar refractivity (Wildman–Crippen MR) is 57.6 cm³/mol. The summed E-state index contributed by atoms with van der Waals surface area (Å²) in [5.41, 5.74) is 0. The number of hydrogen-bond donors (Lipinski definition) is 1. The van der Waals surface area contributed by atoms with Crippen molar-refractivity contribution in [1.29, 1.82) is 0 Å². The Morgan fingerprint density at radius 2 is 1.80 bits per heavy atom. The molecule has 0 fully saturated rings. The molecule has 0 saturated heterocycles. The van der Waals surface area contributed by atoms with E-state index in [2.05, 4.69) is 15.3 Å². The Kier molecular flexibility index (Phi) is 5.65. The molecule has 1 aromatic heterocycles. The Hall–Kier alpha value is -1.20. The minimum atomic E-state index is -0.246. The van der Waals surface area contributed by atoms with Crippen molar-refractivity contribution < 1.29 is 9.47 Å². The zero-order chi connectivity index (χ0) is 10.9. The molecule has 0 atom stereocenters. The minimum Gasteiger partial charge on any atom is -0.351 e. The first-order chi connectivity index (χ1) is 7.36. The summed E-state index contributed by atoms with van der Waals surface area (Å²) >= 11 is 0. The Morgan fingerprint density at radius 1 is 1.20 bits per heavy atom. The molecule has 1 N–H and O–H groups in total. The highest BCUT2D eigenvalue weighted by Crippen LogP contribution is 1.98. The van der Waals surface area contributed by atoms with Gasteiger partial charge in [-0.3, -0.25) is 0 Å². The molecule has 0 radical (unpaired) electrons. The third kappa shape index (κ3) is 4.71. The van der Waals surface area contributed by atoms with Gasteiger partial charge in [-0.15, -0.1) is 0 Å². The summed E-state index contributed by atoms with van der Waals surface area (Å²) in [4.78, 5) is 8.08. The van der Waals surface area contributed by atoms with E-state index < -0.39 is 0 Å². The molecule has 0 aliphatic carbocycles. The smallest absolute Gasteiger partial charge is 0.222 e. The van der Waals surface area contributed by atoms with Crippen molar-refractivity contribution in [2.45, 2.75) is 20.1 Å². The van der Waals surface area contributed by atoms with E-state index in [-0.39, 0.29) is 6.29 Å². The van der Waals surface area contributed by atoms with Crippen molar-refractivity contribution in [3.63, 3.8) is 0 Å². The highest BCUT2D eigenvalue weighted by atomic mass is 16.7. The van der Waals surface area contributed by atoms with Crippen molar-refractivity contribution >= 4 is 5.95 Å². The maximum atomic E-state index is 5.36. The zero-order valence-corrected chi connectivity index (χ0v) is 9.14. The average molecular weight is 211 g/mol. The highest BCUT2D eigenvalue weighted by molar-refractivity contribution is 5.21. The number of aromatic nitrogens is 2. The first kappa shape index (κ1) is 11.9. The van der Waals surface area contributed by atoms with Crippen molar-refractivity contribution in [3.05, 3.63) is 18.5 Å². The van der Waals surface area contributed by atoms with Gasteiger partial charge in [-0.25, -0.2) is 9.97 Å². The lowest BCUT2D eigenvalue weighted by atomic mass is 10.6. The molecule has 1 heterocycles. The summed E-state index contributed by atoms with van der Waals surface area (Å²) < 4.78 is 10.7. The standard InChI is InChI=1S/C10H17N3O2/c1-3-14-9(15-4-2)8-13-10-11-6-5-7-12-10/h5-7,9H,3-4,8H2,1-2H3,(H,11,12,13). The van der Waals surface area contributed by atoms with Crippen LogP contribution < -0.4 is 5.32 Å². The molecule has 0 saturated carbocycles. The molecule has 15 heavy (non-hydrogen) atoms. The lowest BCUT2D eigenvalue weighted by Gasteiger charge is -2.17. The van der Waals surface area contributed by atoms with Gasteiger partial charge in [0.2, 0.25) is 5.95 Å². The minimum absolute atomic E-state index is 0.246. The quantitative estimate of drug-likeness (QED) is 0.689. The van der Waals surface area contributed by atoms with E-state index in [0.717, 1.165) is 0 Å². The molecule has 5 heteroatoms. The molecule has 0 aromatic carbocycles. The molecule has 0 bridgehead atoms. The fraction of sp³-hybridized carbons (Fsp3) is 0.600. The van der Waals surface area contributed by atoms with Gasteiger partial charge >= 0.3 is 0 Å². The average Bonchev–Trinajstić information content (AvgIpc) is 2.28. The van der Waals surface area contributed by atoms with Gasteiger partial charge in [-0.05, 0) is 19.9 Å². The van der Waals surface area contributed by atoms with Crippen LogP contribution in [-0.2, 0) is 9.47 Å². The summed E-state index contributed by atoms with van der Waals surface area (Å²) in [5, 5.41) is 3.04. The van der Waals surface area contributed by atoms with E-state index in [1.807, 2.05) is 13.8 Å². The summed E-state index contributed by atoms with van der Waals surface area (Å²) in [6, 6.07) is 1.77. The van der Waals surface area contributed by atoms with E-state index in [1.54, 1.807) is 18.5 Å². The van der Waals surface area contributed by atoms with Gasteiger partial charge in [0.15, 0.2) is 6.29 Å². The number of rotatable bonds is 7. The molecule has 0 spiro atoms. The Labute approximate surface area is 89.8 Å². The highest BCUT2D eigenvalue weighted by Gasteiger charge is 2.07. The van der Waals surface area contributed by atoms with Crippen molar-refractivity contribution in [2.75, 3.05) is 25.1 Å². The molecule has 1 aromatic rings. The van der Waals surface area contributed by atoms with E-state index in [4.69, 9.17) is 9.47 Å². The van der Waals surface area contributed by atoms with Crippen LogP contribution in [0.25, 0.3) is 0 Å². The van der Waals surface area contributed by atoms with Crippen LogP contribution in [-0.4, -0.2) is 36.0 Å². The van der Waals surface area contributed by atoms with Crippen LogP contribution in [0.1, 0.15) is 13.8 Å². The van der Waals surface area contributed by atoms with Crippen molar-refractivity contribution in [2.24, 2.45) is 0 Å². The van der Waals surface area contributed by atoms with Gasteiger partial charge in [0.05, 0.1) is 6.54 Å². The summed E-state index contributed by atoms with van der Waals surface area (Å²) in [6.07, 6.45) is 3.13. The van der Waals surface area contributed by atoms with Crippen LogP contribution in [0.4, 0.5) is 5.95 Å². The molecule has 0 amide bonds. The topological polar surface area (TPSA) is 56.3 Å². The van der Waals surface area contributed by atoms with Gasteiger partial charge in [0.25, 0.3) is 0 Å². The maximum absolute atomic E-state index is 5.36. The van der Waals surface area contributed by atoms with E-state index >= 15 is 0 Å². The molecule has 84 valence electrons. The third-order valence-corrected chi connectivity index (χ3v) is 1.70. The molecule has 0 aliphatic rings. The van der Waals surface area contributed by atoms with Crippen molar-refractivity contribution in [1.82, 2.24) is 9.97 Å². The molecular formula is C10H17N3O2. The van der Waals surface area contributed by atoms with Gasteiger partial charge in [0, 0.05) is 25.6 Å². The number of anilines is 1. The molecule has 5 nitrogen and oxygen atoms in total. The SMILES string of the molecule is CCOC(CNc1ncccn1)OCC. The fourth-order valence-electron chi connectivity index (χ4n) is 1.10. The van der Waals surface area contributed by atoms with Gasteiger partial charge in [0.1, 0.15) is 0 Å². The molecule has 1 rings (SSSR count). The van der Waals surface area contributed by atoms with E-state index in [9.17, 15) is 0 Å². The third-order valence-electron chi connectivity index (χ3n) is 1.70. The first-order valence-electron chi connectivity index (χ1n) is 5.11. The second-order valence-electron chi connectivity index (χ2n) is 2.79. The van der Waals surface area contributed by atoms with Gasteiger partial charge < -0.3 is 14.8 Å². The Morgan fingerprint density at radius 3 is 2.33 bits per heavy atom. The lowest BCUT2D eigenvalue weighted by Crippen LogP contribution is -2.27. The Bertz CT molecular complexity index is 250. The first-order valence-corrected chi connectivity index (χ1v) is 5.11. The fourth-order valence-corrected chi connectivity index (χ4v) is 1.10. The van der Waals surface area contributed by atoms with Crippen molar-refractivity contribution in [3.8, 4) is 0 Å². The van der Waals surface area contributed by atoms with Gasteiger partial charge in [-0.2, -0.15) is 0 Å². The summed E-state index contributed by atoms with van der Waals surface area (Å²) in [5.74, 6) is 0.585. The predicted octanol–water partition coefficient (Wildman–Crippen LogP) is 1.29. The zero-order valence-electron chi connectivity index (χ0n) is 9.14. The number of ether oxygens (including phenoxy) is 2. The maximum Gasteiger partial charge on any atom is 0.222 e. The van der Waals surface area contributed by atoms with Crippen LogP contribution in [0.2, 0.25) is 0 Å². The van der Waals surface area contributed by atoms with Crippen LogP contribution >= 0.6 is 0 Å². The second kappa shape index (κ2) is 7.14. The monoisotopic (exact) mass is 211 g/mol. The second-order valence-corrected chi connectivity index (χ2v) is 2.79. The number of nitrogens with zero attached hydrogens (tertiary/aromatic N) is 2. The molecular weight excluding hydrogens is 194 g/mol. The number of nitrogens with one attached hydrogen (secondary N) is 1. The molecule has 0 unspecified atom stereocenters. The van der Waals surface area contributed by atoms with Crippen LogP contribution in [0.15, 0.2) is 18.5 Å². The van der Waals surface area contributed by atoms with E-state index in [0.29, 0.717) is 25.7 Å².